The monoisotopic (exact) mass is 228 g/mol. The Morgan fingerprint density at radius 1 is 1.50 bits per heavy atom. The van der Waals surface area contributed by atoms with E-state index in [0.29, 0.717) is 19.4 Å². The van der Waals surface area contributed by atoms with Crippen LogP contribution in [0.4, 0.5) is 0 Å². The van der Waals surface area contributed by atoms with Crippen LogP contribution in [0.2, 0.25) is 0 Å². The van der Waals surface area contributed by atoms with Gasteiger partial charge >= 0.3 is 11.9 Å². The lowest BCUT2D eigenvalue weighted by Crippen LogP contribution is -2.36. The molecule has 0 aromatic carbocycles. The van der Waals surface area contributed by atoms with E-state index in [1.54, 1.807) is 6.92 Å². The zero-order valence-electron chi connectivity index (χ0n) is 10.0. The number of carbonyl (C=O) groups is 2. The second kappa shape index (κ2) is 6.51. The average Bonchev–Trinajstić information content (AvgIpc) is 2.26. The van der Waals surface area contributed by atoms with E-state index >= 15 is 0 Å². The molecule has 16 heavy (non-hydrogen) atoms. The summed E-state index contributed by atoms with van der Waals surface area (Å²) in [7, 11) is 0. The van der Waals surface area contributed by atoms with Gasteiger partial charge in [-0.3, -0.25) is 4.79 Å². The van der Waals surface area contributed by atoms with Crippen LogP contribution in [0.15, 0.2) is 0 Å². The van der Waals surface area contributed by atoms with Crippen molar-refractivity contribution in [3.63, 3.8) is 0 Å². The second-order valence-corrected chi connectivity index (χ2v) is 4.18. The SMILES string of the molecule is CCCC[C@@H]1CC(=O)O[C@H](C(=O)OCC)C1. The van der Waals surface area contributed by atoms with E-state index in [-0.39, 0.29) is 11.9 Å². The maximum absolute atomic E-state index is 11.5. The van der Waals surface area contributed by atoms with Crippen molar-refractivity contribution in [1.29, 1.82) is 0 Å². The minimum atomic E-state index is -0.678. The van der Waals surface area contributed by atoms with Crippen LogP contribution in [0, 0.1) is 5.92 Å². The summed E-state index contributed by atoms with van der Waals surface area (Å²) in [5.41, 5.74) is 0. The van der Waals surface area contributed by atoms with Gasteiger partial charge in [-0.2, -0.15) is 0 Å². The van der Waals surface area contributed by atoms with Crippen LogP contribution in [0.5, 0.6) is 0 Å². The third-order valence-corrected chi connectivity index (χ3v) is 2.79. The van der Waals surface area contributed by atoms with Gasteiger partial charge in [-0.15, -0.1) is 0 Å². The number of ether oxygens (including phenoxy) is 2. The molecule has 0 amide bonds. The van der Waals surface area contributed by atoms with Crippen molar-refractivity contribution < 1.29 is 19.1 Å². The summed E-state index contributed by atoms with van der Waals surface area (Å²) in [4.78, 5) is 22.8. The molecular formula is C12H20O4. The lowest BCUT2D eigenvalue weighted by Gasteiger charge is -2.27. The molecule has 0 aromatic heterocycles. The van der Waals surface area contributed by atoms with E-state index < -0.39 is 12.1 Å². The number of carbonyl (C=O) groups excluding carboxylic acids is 2. The van der Waals surface area contributed by atoms with Crippen molar-refractivity contribution in [3.8, 4) is 0 Å². The van der Waals surface area contributed by atoms with Crippen molar-refractivity contribution in [1.82, 2.24) is 0 Å². The first-order valence-corrected chi connectivity index (χ1v) is 6.03. The third kappa shape index (κ3) is 3.83. The van der Waals surface area contributed by atoms with E-state index in [1.807, 2.05) is 0 Å². The van der Waals surface area contributed by atoms with E-state index in [4.69, 9.17) is 9.47 Å². The van der Waals surface area contributed by atoms with Crippen molar-refractivity contribution in [2.75, 3.05) is 6.61 Å². The van der Waals surface area contributed by atoms with Gasteiger partial charge in [-0.1, -0.05) is 19.8 Å². The van der Waals surface area contributed by atoms with E-state index in [2.05, 4.69) is 6.92 Å². The highest BCUT2D eigenvalue weighted by Gasteiger charge is 2.33. The first-order chi connectivity index (χ1) is 7.67. The summed E-state index contributed by atoms with van der Waals surface area (Å²) in [6.45, 7) is 4.19. The van der Waals surface area contributed by atoms with Gasteiger partial charge in [0.1, 0.15) is 0 Å². The third-order valence-electron chi connectivity index (χ3n) is 2.79. The molecule has 1 heterocycles. The molecule has 0 saturated carbocycles. The number of hydrogen-bond donors (Lipinski definition) is 0. The van der Waals surface area contributed by atoms with E-state index in [1.165, 1.54) is 0 Å². The highest BCUT2D eigenvalue weighted by Crippen LogP contribution is 2.26. The maximum atomic E-state index is 11.5. The van der Waals surface area contributed by atoms with Gasteiger partial charge in [0.2, 0.25) is 0 Å². The Morgan fingerprint density at radius 2 is 2.25 bits per heavy atom. The molecule has 0 aromatic rings. The molecule has 0 N–H and O–H groups in total. The molecule has 92 valence electrons. The van der Waals surface area contributed by atoms with Gasteiger partial charge in [-0.25, -0.2) is 4.79 Å². The highest BCUT2D eigenvalue weighted by molar-refractivity contribution is 5.80. The van der Waals surface area contributed by atoms with Crippen molar-refractivity contribution in [3.05, 3.63) is 0 Å². The van der Waals surface area contributed by atoms with Crippen LogP contribution in [-0.2, 0) is 19.1 Å². The largest absolute Gasteiger partial charge is 0.463 e. The molecule has 1 aliphatic heterocycles. The molecule has 4 nitrogen and oxygen atoms in total. The van der Waals surface area contributed by atoms with Gasteiger partial charge in [0.05, 0.1) is 6.61 Å². The van der Waals surface area contributed by atoms with Gasteiger partial charge in [-0.05, 0) is 25.7 Å². The van der Waals surface area contributed by atoms with Crippen molar-refractivity contribution >= 4 is 11.9 Å². The summed E-state index contributed by atoms with van der Waals surface area (Å²) >= 11 is 0. The molecule has 0 bridgehead atoms. The van der Waals surface area contributed by atoms with Crippen molar-refractivity contribution in [2.24, 2.45) is 5.92 Å². The summed E-state index contributed by atoms with van der Waals surface area (Å²) in [6.07, 6.45) is 3.56. The Morgan fingerprint density at radius 3 is 2.88 bits per heavy atom. The number of cyclic esters (lactones) is 1. The topological polar surface area (TPSA) is 52.6 Å². The zero-order chi connectivity index (χ0) is 12.0. The van der Waals surface area contributed by atoms with Crippen molar-refractivity contribution in [2.45, 2.75) is 52.1 Å². The number of unbranched alkanes of at least 4 members (excludes halogenated alkanes) is 1. The molecule has 0 radical (unpaired) electrons. The molecule has 4 heteroatoms. The molecule has 0 spiro atoms. The van der Waals surface area contributed by atoms with Crippen LogP contribution in [0.25, 0.3) is 0 Å². The molecule has 1 aliphatic rings. The molecular weight excluding hydrogens is 208 g/mol. The molecule has 0 unspecified atom stereocenters. The average molecular weight is 228 g/mol. The molecule has 1 saturated heterocycles. The van der Waals surface area contributed by atoms with E-state index in [0.717, 1.165) is 19.3 Å². The predicted molar refractivity (Wildman–Crippen MR) is 58.8 cm³/mol. The molecule has 0 aliphatic carbocycles. The van der Waals surface area contributed by atoms with Gasteiger partial charge in [0.25, 0.3) is 0 Å². The quantitative estimate of drug-likeness (QED) is 0.676. The lowest BCUT2D eigenvalue weighted by molar-refractivity contribution is -0.174. The smallest absolute Gasteiger partial charge is 0.347 e. The Hall–Kier alpha value is -1.06. The fourth-order valence-electron chi connectivity index (χ4n) is 1.97. The summed E-state index contributed by atoms with van der Waals surface area (Å²) < 4.78 is 9.86. The van der Waals surface area contributed by atoms with Gasteiger partial charge < -0.3 is 9.47 Å². The fraction of sp³-hybridized carbons (Fsp3) is 0.833. The lowest BCUT2D eigenvalue weighted by atomic mass is 9.90. The Balaban J connectivity index is 2.47. The van der Waals surface area contributed by atoms with Crippen LogP contribution in [0.3, 0.4) is 0 Å². The first-order valence-electron chi connectivity index (χ1n) is 6.03. The highest BCUT2D eigenvalue weighted by atomic mass is 16.6. The first kappa shape index (κ1) is 13.0. The van der Waals surface area contributed by atoms with Gasteiger partial charge in [0, 0.05) is 6.42 Å². The molecule has 1 rings (SSSR count). The summed E-state index contributed by atoms with van der Waals surface area (Å²) in [5, 5.41) is 0. The Labute approximate surface area is 96.3 Å². The second-order valence-electron chi connectivity index (χ2n) is 4.18. The molecule has 2 atom stereocenters. The zero-order valence-corrected chi connectivity index (χ0v) is 10.0. The maximum Gasteiger partial charge on any atom is 0.347 e. The minimum Gasteiger partial charge on any atom is -0.463 e. The molecule has 1 fully saturated rings. The predicted octanol–water partition coefficient (Wildman–Crippen LogP) is 2.06. The number of rotatable bonds is 5. The number of esters is 2. The van der Waals surface area contributed by atoms with Crippen LogP contribution < -0.4 is 0 Å². The standard InChI is InChI=1S/C12H20O4/c1-3-5-6-9-7-10(12(14)15-4-2)16-11(13)8-9/h9-10H,3-8H2,1-2H3/t9-,10-/m0/s1. The number of hydrogen-bond acceptors (Lipinski definition) is 4. The summed E-state index contributed by atoms with van der Waals surface area (Å²) in [6, 6.07) is 0. The van der Waals surface area contributed by atoms with E-state index in [9.17, 15) is 9.59 Å². The minimum absolute atomic E-state index is 0.273. The van der Waals surface area contributed by atoms with Crippen LogP contribution >= 0.6 is 0 Å². The normalized spacial score (nSPS) is 25.0. The van der Waals surface area contributed by atoms with Gasteiger partial charge in [0.15, 0.2) is 6.10 Å². The Kier molecular flexibility index (Phi) is 5.29. The van der Waals surface area contributed by atoms with Crippen LogP contribution in [-0.4, -0.2) is 24.6 Å². The fourth-order valence-corrected chi connectivity index (χ4v) is 1.97. The Bertz CT molecular complexity index is 249. The summed E-state index contributed by atoms with van der Waals surface area (Å²) in [5.74, 6) is -0.405. The van der Waals surface area contributed by atoms with Crippen LogP contribution in [0.1, 0.15) is 46.0 Å².